The van der Waals surface area contributed by atoms with Gasteiger partial charge in [0.25, 0.3) is 0 Å². The fraction of sp³-hybridized carbons (Fsp3) is 0.417. The van der Waals surface area contributed by atoms with Crippen LogP contribution in [0.5, 0.6) is 5.75 Å². The molecule has 0 spiro atoms. The smallest absolute Gasteiger partial charge is 0.178 e. The maximum Gasteiger partial charge on any atom is 0.178 e. The molecule has 86 valence electrons. The molecule has 3 nitrogen and oxygen atoms in total. The van der Waals surface area contributed by atoms with Gasteiger partial charge in [0.2, 0.25) is 0 Å². The molecule has 1 aromatic carbocycles. The number of H-pyrrole nitrogens is 1. The Morgan fingerprint density at radius 3 is 2.88 bits per heavy atom. The molecule has 2 aromatic rings. The zero-order valence-corrected chi connectivity index (χ0v) is 10.4. The number of benzene rings is 1. The molecule has 1 aromatic heterocycles. The van der Waals surface area contributed by atoms with E-state index in [2.05, 4.69) is 22.5 Å². The third-order valence-corrected chi connectivity index (χ3v) is 2.84. The van der Waals surface area contributed by atoms with Crippen LogP contribution in [0.15, 0.2) is 18.2 Å². The first-order valence-corrected chi connectivity index (χ1v) is 6.03. The summed E-state index contributed by atoms with van der Waals surface area (Å²) in [6.45, 7) is 5.73. The zero-order valence-electron chi connectivity index (χ0n) is 9.62. The molecule has 0 atom stereocenters. The van der Waals surface area contributed by atoms with E-state index in [1.807, 2.05) is 19.1 Å². The molecule has 1 heterocycles. The number of fused-ring (bicyclic) bond motifs is 1. The molecular formula is C12H16N2OS. The highest BCUT2D eigenvalue weighted by molar-refractivity contribution is 7.71. The third kappa shape index (κ3) is 1.85. The van der Waals surface area contributed by atoms with Gasteiger partial charge in [-0.1, -0.05) is 13.0 Å². The standard InChI is InChI=1S/C12H16N2OS/c1-3-8-14-9-6-5-7-10(15-4-2)11(9)13-12(14)16/h5-7H,3-4,8H2,1-2H3,(H,13,16). The number of nitrogens with one attached hydrogen (secondary N) is 1. The molecule has 1 N–H and O–H groups in total. The first-order valence-electron chi connectivity index (χ1n) is 5.62. The largest absolute Gasteiger partial charge is 0.492 e. The Labute approximate surface area is 100 Å². The van der Waals surface area contributed by atoms with Crippen molar-refractivity contribution in [2.75, 3.05) is 6.61 Å². The summed E-state index contributed by atoms with van der Waals surface area (Å²) < 4.78 is 8.46. The molecule has 0 radical (unpaired) electrons. The van der Waals surface area contributed by atoms with Gasteiger partial charge in [-0.3, -0.25) is 0 Å². The summed E-state index contributed by atoms with van der Waals surface area (Å²) in [7, 11) is 0. The van der Waals surface area contributed by atoms with E-state index in [1.54, 1.807) is 0 Å². The van der Waals surface area contributed by atoms with Crippen molar-refractivity contribution in [3.8, 4) is 5.75 Å². The van der Waals surface area contributed by atoms with Crippen molar-refractivity contribution in [3.63, 3.8) is 0 Å². The minimum atomic E-state index is 0.665. The lowest BCUT2D eigenvalue weighted by molar-refractivity contribution is 0.343. The average Bonchev–Trinajstić information content (AvgIpc) is 2.59. The summed E-state index contributed by atoms with van der Waals surface area (Å²) in [5.74, 6) is 0.876. The van der Waals surface area contributed by atoms with E-state index in [4.69, 9.17) is 17.0 Å². The van der Waals surface area contributed by atoms with Gasteiger partial charge in [-0.15, -0.1) is 0 Å². The van der Waals surface area contributed by atoms with Crippen LogP contribution in [0.3, 0.4) is 0 Å². The molecule has 0 fully saturated rings. The minimum absolute atomic E-state index is 0.665. The highest BCUT2D eigenvalue weighted by Gasteiger charge is 2.07. The first kappa shape index (κ1) is 11.2. The predicted molar refractivity (Wildman–Crippen MR) is 68.6 cm³/mol. The minimum Gasteiger partial charge on any atom is -0.492 e. The number of ether oxygens (including phenoxy) is 1. The molecule has 0 unspecified atom stereocenters. The summed E-state index contributed by atoms with van der Waals surface area (Å²) >= 11 is 5.31. The van der Waals surface area contributed by atoms with Gasteiger partial charge >= 0.3 is 0 Å². The van der Waals surface area contributed by atoms with Crippen molar-refractivity contribution >= 4 is 23.3 Å². The zero-order chi connectivity index (χ0) is 11.5. The molecule has 16 heavy (non-hydrogen) atoms. The molecule has 0 saturated carbocycles. The van der Waals surface area contributed by atoms with E-state index in [1.165, 1.54) is 0 Å². The van der Waals surface area contributed by atoms with E-state index in [0.717, 1.165) is 34.5 Å². The van der Waals surface area contributed by atoms with Crippen LogP contribution in [0.25, 0.3) is 11.0 Å². The number of rotatable bonds is 4. The maximum atomic E-state index is 5.57. The van der Waals surface area contributed by atoms with Crippen LogP contribution in [-0.2, 0) is 6.54 Å². The van der Waals surface area contributed by atoms with E-state index in [0.29, 0.717) is 6.61 Å². The van der Waals surface area contributed by atoms with Crippen LogP contribution in [0.1, 0.15) is 20.3 Å². The lowest BCUT2D eigenvalue weighted by Gasteiger charge is -2.05. The summed E-state index contributed by atoms with van der Waals surface area (Å²) in [5.41, 5.74) is 2.13. The molecule has 0 aliphatic carbocycles. The van der Waals surface area contributed by atoms with Crippen molar-refractivity contribution in [1.29, 1.82) is 0 Å². The maximum absolute atomic E-state index is 5.57. The number of hydrogen-bond donors (Lipinski definition) is 1. The van der Waals surface area contributed by atoms with E-state index in [9.17, 15) is 0 Å². The number of para-hydroxylation sites is 1. The number of aryl methyl sites for hydroxylation is 1. The lowest BCUT2D eigenvalue weighted by atomic mass is 10.3. The van der Waals surface area contributed by atoms with Gasteiger partial charge in [0.15, 0.2) is 4.77 Å². The lowest BCUT2D eigenvalue weighted by Crippen LogP contribution is -1.96. The SMILES string of the molecule is CCCn1c(=S)[nH]c2c(OCC)cccc21. The van der Waals surface area contributed by atoms with Gasteiger partial charge in [-0.2, -0.15) is 0 Å². The van der Waals surface area contributed by atoms with Gasteiger partial charge in [0, 0.05) is 6.54 Å². The van der Waals surface area contributed by atoms with Gasteiger partial charge in [0.05, 0.1) is 12.1 Å². The Balaban J connectivity index is 2.63. The van der Waals surface area contributed by atoms with E-state index >= 15 is 0 Å². The molecule has 0 amide bonds. The molecule has 2 rings (SSSR count). The third-order valence-electron chi connectivity index (χ3n) is 2.52. The predicted octanol–water partition coefficient (Wildman–Crippen LogP) is 3.51. The monoisotopic (exact) mass is 236 g/mol. The second kappa shape index (κ2) is 4.70. The molecular weight excluding hydrogens is 220 g/mol. The van der Waals surface area contributed by atoms with Crippen LogP contribution in [-0.4, -0.2) is 16.2 Å². The van der Waals surface area contributed by atoms with Crippen LogP contribution in [0.4, 0.5) is 0 Å². The van der Waals surface area contributed by atoms with Gasteiger partial charge < -0.3 is 14.3 Å². The fourth-order valence-electron chi connectivity index (χ4n) is 1.88. The van der Waals surface area contributed by atoms with Crippen LogP contribution in [0.2, 0.25) is 0 Å². The highest BCUT2D eigenvalue weighted by atomic mass is 32.1. The van der Waals surface area contributed by atoms with Crippen molar-refractivity contribution in [2.45, 2.75) is 26.8 Å². The van der Waals surface area contributed by atoms with Crippen LogP contribution in [0, 0.1) is 4.77 Å². The first-order chi connectivity index (χ1) is 7.77. The number of hydrogen-bond acceptors (Lipinski definition) is 2. The number of nitrogens with zero attached hydrogens (tertiary/aromatic N) is 1. The molecule has 0 saturated heterocycles. The molecule has 0 aliphatic rings. The summed E-state index contributed by atoms with van der Waals surface area (Å²) in [6, 6.07) is 6.04. The highest BCUT2D eigenvalue weighted by Crippen LogP contribution is 2.24. The molecule has 4 heteroatoms. The second-order valence-corrected chi connectivity index (χ2v) is 4.05. The summed E-state index contributed by atoms with van der Waals surface area (Å²) in [6.07, 6.45) is 1.07. The number of imidazole rings is 1. The van der Waals surface area contributed by atoms with Gasteiger partial charge in [0.1, 0.15) is 11.3 Å². The fourth-order valence-corrected chi connectivity index (χ4v) is 2.17. The van der Waals surface area contributed by atoms with E-state index in [-0.39, 0.29) is 0 Å². The molecule has 0 bridgehead atoms. The van der Waals surface area contributed by atoms with Crippen molar-refractivity contribution < 1.29 is 4.74 Å². The Morgan fingerprint density at radius 1 is 1.38 bits per heavy atom. The van der Waals surface area contributed by atoms with Gasteiger partial charge in [-0.25, -0.2) is 0 Å². The topological polar surface area (TPSA) is 29.9 Å². The second-order valence-electron chi connectivity index (χ2n) is 3.67. The quantitative estimate of drug-likeness (QED) is 0.823. The van der Waals surface area contributed by atoms with Crippen LogP contribution >= 0.6 is 12.2 Å². The van der Waals surface area contributed by atoms with Crippen molar-refractivity contribution in [3.05, 3.63) is 23.0 Å². The Hall–Kier alpha value is -1.29. The Morgan fingerprint density at radius 2 is 2.19 bits per heavy atom. The van der Waals surface area contributed by atoms with Crippen LogP contribution < -0.4 is 4.74 Å². The Bertz CT molecular complexity index is 541. The van der Waals surface area contributed by atoms with E-state index < -0.39 is 0 Å². The van der Waals surface area contributed by atoms with Crippen molar-refractivity contribution in [1.82, 2.24) is 9.55 Å². The van der Waals surface area contributed by atoms with Gasteiger partial charge in [-0.05, 0) is 37.7 Å². The van der Waals surface area contributed by atoms with Crippen molar-refractivity contribution in [2.24, 2.45) is 0 Å². The average molecular weight is 236 g/mol. The number of aromatic amines is 1. The Kier molecular flexibility index (Phi) is 3.29. The molecule has 0 aliphatic heterocycles. The summed E-state index contributed by atoms with van der Waals surface area (Å²) in [5, 5.41) is 0. The normalized spacial score (nSPS) is 10.9. The summed E-state index contributed by atoms with van der Waals surface area (Å²) in [4.78, 5) is 3.22. The number of aromatic nitrogens is 2.